The number of tetrazole rings is 1. The summed E-state index contributed by atoms with van der Waals surface area (Å²) in [4.78, 5) is 0. The molecule has 0 atom stereocenters. The van der Waals surface area contributed by atoms with Gasteiger partial charge in [0, 0.05) is 12.1 Å². The molecule has 0 spiro atoms. The fourth-order valence-electron chi connectivity index (χ4n) is 1.33. The Kier molecular flexibility index (Phi) is 2.59. The summed E-state index contributed by atoms with van der Waals surface area (Å²) in [6, 6.07) is 6.78. The molecule has 0 saturated carbocycles. The van der Waals surface area contributed by atoms with Crippen molar-refractivity contribution in [2.75, 3.05) is 6.54 Å². The number of phenols is 1. The number of nitrogens with two attached hydrogens (primary N) is 1. The Morgan fingerprint density at radius 1 is 1.40 bits per heavy atom. The standard InChI is InChI=1S/C9H11N5O/c10-4-5-14-9(11-12-13-14)7-2-1-3-8(15)6-7/h1-3,6,15H,4-5,10H2. The van der Waals surface area contributed by atoms with Crippen molar-refractivity contribution >= 4 is 0 Å². The minimum Gasteiger partial charge on any atom is -0.508 e. The largest absolute Gasteiger partial charge is 0.508 e. The van der Waals surface area contributed by atoms with Crippen molar-refractivity contribution in [3.63, 3.8) is 0 Å². The molecule has 1 aromatic carbocycles. The number of nitrogens with zero attached hydrogens (tertiary/aromatic N) is 4. The van der Waals surface area contributed by atoms with E-state index in [-0.39, 0.29) is 5.75 Å². The zero-order valence-corrected chi connectivity index (χ0v) is 8.04. The predicted octanol–water partition coefficient (Wildman–Crippen LogP) is 0.00440. The molecule has 0 amide bonds. The highest BCUT2D eigenvalue weighted by Gasteiger charge is 2.07. The fourth-order valence-corrected chi connectivity index (χ4v) is 1.33. The van der Waals surface area contributed by atoms with Crippen molar-refractivity contribution in [3.8, 4) is 17.1 Å². The van der Waals surface area contributed by atoms with Crippen molar-refractivity contribution in [2.24, 2.45) is 5.73 Å². The van der Waals surface area contributed by atoms with Crippen LogP contribution in [0.4, 0.5) is 0 Å². The van der Waals surface area contributed by atoms with E-state index in [0.717, 1.165) is 5.56 Å². The van der Waals surface area contributed by atoms with Gasteiger partial charge in [0.1, 0.15) is 5.75 Å². The summed E-state index contributed by atoms with van der Waals surface area (Å²) in [6.45, 7) is 1.02. The first-order chi connectivity index (χ1) is 7.31. The molecule has 15 heavy (non-hydrogen) atoms. The second-order valence-corrected chi connectivity index (χ2v) is 3.06. The predicted molar refractivity (Wildman–Crippen MR) is 54.0 cm³/mol. The topological polar surface area (TPSA) is 89.9 Å². The molecule has 0 radical (unpaired) electrons. The Morgan fingerprint density at radius 2 is 2.27 bits per heavy atom. The Hall–Kier alpha value is -1.95. The highest BCUT2D eigenvalue weighted by molar-refractivity contribution is 5.56. The third-order valence-electron chi connectivity index (χ3n) is 1.98. The van der Waals surface area contributed by atoms with Crippen LogP contribution >= 0.6 is 0 Å². The van der Waals surface area contributed by atoms with Gasteiger partial charge in [-0.25, -0.2) is 4.68 Å². The van der Waals surface area contributed by atoms with Crippen LogP contribution in [0.25, 0.3) is 11.4 Å². The van der Waals surface area contributed by atoms with Gasteiger partial charge in [0.25, 0.3) is 0 Å². The molecule has 1 aromatic heterocycles. The molecule has 78 valence electrons. The summed E-state index contributed by atoms with van der Waals surface area (Å²) in [5.74, 6) is 0.797. The number of aromatic hydroxyl groups is 1. The molecule has 0 aliphatic carbocycles. The van der Waals surface area contributed by atoms with Crippen LogP contribution in [0.1, 0.15) is 0 Å². The second-order valence-electron chi connectivity index (χ2n) is 3.06. The van der Waals surface area contributed by atoms with Crippen LogP contribution in [-0.2, 0) is 6.54 Å². The SMILES string of the molecule is NCCn1nnnc1-c1cccc(O)c1. The Labute approximate surface area is 86.3 Å². The van der Waals surface area contributed by atoms with Gasteiger partial charge in [0.2, 0.25) is 0 Å². The van der Waals surface area contributed by atoms with Crippen LogP contribution in [0.2, 0.25) is 0 Å². The van der Waals surface area contributed by atoms with Crippen LogP contribution in [-0.4, -0.2) is 31.9 Å². The van der Waals surface area contributed by atoms with Crippen LogP contribution in [0, 0.1) is 0 Å². The lowest BCUT2D eigenvalue weighted by Gasteiger charge is -2.02. The molecular formula is C9H11N5O. The molecule has 0 saturated heterocycles. The highest BCUT2D eigenvalue weighted by atomic mass is 16.3. The van der Waals surface area contributed by atoms with Gasteiger partial charge in [0.15, 0.2) is 5.82 Å². The van der Waals surface area contributed by atoms with E-state index >= 15 is 0 Å². The average Bonchev–Trinajstić information content (AvgIpc) is 2.66. The molecule has 0 aliphatic heterocycles. The van der Waals surface area contributed by atoms with Gasteiger partial charge in [-0.3, -0.25) is 0 Å². The Bertz CT molecular complexity index is 453. The minimum atomic E-state index is 0.190. The summed E-state index contributed by atoms with van der Waals surface area (Å²) in [7, 11) is 0. The first-order valence-corrected chi connectivity index (χ1v) is 4.57. The molecule has 1 heterocycles. The number of aromatic nitrogens is 4. The van der Waals surface area contributed by atoms with Crippen LogP contribution in [0.15, 0.2) is 24.3 Å². The molecule has 2 rings (SSSR count). The Morgan fingerprint density at radius 3 is 3.00 bits per heavy atom. The van der Waals surface area contributed by atoms with Gasteiger partial charge >= 0.3 is 0 Å². The lowest BCUT2D eigenvalue weighted by atomic mass is 10.2. The van der Waals surface area contributed by atoms with Crippen molar-refractivity contribution < 1.29 is 5.11 Å². The van der Waals surface area contributed by atoms with E-state index in [1.54, 1.807) is 22.9 Å². The second kappa shape index (κ2) is 4.05. The lowest BCUT2D eigenvalue weighted by molar-refractivity contribution is 0.475. The van der Waals surface area contributed by atoms with Crippen LogP contribution < -0.4 is 5.73 Å². The summed E-state index contributed by atoms with van der Waals surface area (Å²) < 4.78 is 1.61. The van der Waals surface area contributed by atoms with Gasteiger partial charge < -0.3 is 10.8 Å². The Balaban J connectivity index is 2.40. The molecule has 2 aromatic rings. The molecule has 0 aliphatic rings. The van der Waals surface area contributed by atoms with E-state index in [4.69, 9.17) is 5.73 Å². The van der Waals surface area contributed by atoms with E-state index < -0.39 is 0 Å². The normalized spacial score (nSPS) is 10.5. The minimum absolute atomic E-state index is 0.190. The first kappa shape index (κ1) is 9.60. The summed E-state index contributed by atoms with van der Waals surface area (Å²) >= 11 is 0. The number of benzene rings is 1. The van der Waals surface area contributed by atoms with Gasteiger partial charge in [0.05, 0.1) is 6.54 Å². The number of phenolic OH excluding ortho intramolecular Hbond substituents is 1. The number of hydrogen-bond acceptors (Lipinski definition) is 5. The monoisotopic (exact) mass is 205 g/mol. The maximum Gasteiger partial charge on any atom is 0.182 e. The van der Waals surface area contributed by atoms with Crippen molar-refractivity contribution in [1.82, 2.24) is 20.2 Å². The average molecular weight is 205 g/mol. The lowest BCUT2D eigenvalue weighted by Crippen LogP contribution is -2.12. The van der Waals surface area contributed by atoms with E-state index in [2.05, 4.69) is 15.5 Å². The smallest absolute Gasteiger partial charge is 0.182 e. The molecule has 0 fully saturated rings. The summed E-state index contributed by atoms with van der Waals surface area (Å²) in [6.07, 6.45) is 0. The van der Waals surface area contributed by atoms with E-state index in [1.165, 1.54) is 0 Å². The maximum absolute atomic E-state index is 9.33. The van der Waals surface area contributed by atoms with Crippen molar-refractivity contribution in [3.05, 3.63) is 24.3 Å². The molecule has 6 nitrogen and oxygen atoms in total. The molecule has 6 heteroatoms. The summed E-state index contributed by atoms with van der Waals surface area (Å²) in [5, 5.41) is 20.6. The highest BCUT2D eigenvalue weighted by Crippen LogP contribution is 2.20. The maximum atomic E-state index is 9.33. The third kappa shape index (κ3) is 1.94. The quantitative estimate of drug-likeness (QED) is 0.736. The van der Waals surface area contributed by atoms with E-state index in [1.807, 2.05) is 6.07 Å². The van der Waals surface area contributed by atoms with Crippen molar-refractivity contribution in [2.45, 2.75) is 6.54 Å². The van der Waals surface area contributed by atoms with Crippen LogP contribution in [0.5, 0.6) is 5.75 Å². The zero-order chi connectivity index (χ0) is 10.7. The van der Waals surface area contributed by atoms with E-state index in [0.29, 0.717) is 18.9 Å². The molecule has 0 unspecified atom stereocenters. The number of rotatable bonds is 3. The first-order valence-electron chi connectivity index (χ1n) is 4.57. The van der Waals surface area contributed by atoms with Crippen molar-refractivity contribution in [1.29, 1.82) is 0 Å². The molecular weight excluding hydrogens is 194 g/mol. The molecule has 3 N–H and O–H groups in total. The molecule has 0 bridgehead atoms. The van der Waals surface area contributed by atoms with Crippen LogP contribution in [0.3, 0.4) is 0 Å². The van der Waals surface area contributed by atoms with Gasteiger partial charge in [-0.1, -0.05) is 12.1 Å². The third-order valence-corrected chi connectivity index (χ3v) is 1.98. The fraction of sp³-hybridized carbons (Fsp3) is 0.222. The van der Waals surface area contributed by atoms with E-state index in [9.17, 15) is 5.11 Å². The van der Waals surface area contributed by atoms with Gasteiger partial charge in [-0.15, -0.1) is 5.10 Å². The van der Waals surface area contributed by atoms with Gasteiger partial charge in [-0.2, -0.15) is 0 Å². The number of hydrogen-bond donors (Lipinski definition) is 2. The zero-order valence-electron chi connectivity index (χ0n) is 8.04. The summed E-state index contributed by atoms with van der Waals surface area (Å²) in [5.41, 5.74) is 6.20. The van der Waals surface area contributed by atoms with Gasteiger partial charge in [-0.05, 0) is 22.6 Å².